The SMILES string of the molecule is CC(NC1CCCCC1)C1CCCCC1. The molecule has 0 aromatic rings. The Morgan fingerprint density at radius 2 is 1.33 bits per heavy atom. The summed E-state index contributed by atoms with van der Waals surface area (Å²) in [6.07, 6.45) is 14.6. The summed E-state index contributed by atoms with van der Waals surface area (Å²) < 4.78 is 0. The summed E-state index contributed by atoms with van der Waals surface area (Å²) in [6, 6.07) is 1.61. The zero-order valence-electron chi connectivity index (χ0n) is 10.3. The molecular formula is C14H27N. The second kappa shape index (κ2) is 5.89. The number of nitrogens with one attached hydrogen (secondary N) is 1. The number of hydrogen-bond donors (Lipinski definition) is 1. The lowest BCUT2D eigenvalue weighted by Crippen LogP contribution is -2.42. The molecule has 1 N–H and O–H groups in total. The number of rotatable bonds is 3. The molecule has 0 bridgehead atoms. The smallest absolute Gasteiger partial charge is 0.00696 e. The zero-order valence-corrected chi connectivity index (χ0v) is 10.3. The van der Waals surface area contributed by atoms with Crippen LogP contribution < -0.4 is 5.32 Å². The van der Waals surface area contributed by atoms with Gasteiger partial charge in [0.05, 0.1) is 0 Å². The van der Waals surface area contributed by atoms with Crippen LogP contribution in [0, 0.1) is 5.92 Å². The molecule has 1 unspecified atom stereocenters. The molecule has 0 spiro atoms. The predicted octanol–water partition coefficient (Wildman–Crippen LogP) is 3.88. The van der Waals surface area contributed by atoms with Gasteiger partial charge in [0.25, 0.3) is 0 Å². The van der Waals surface area contributed by atoms with E-state index < -0.39 is 0 Å². The standard InChI is InChI=1S/C14H27N/c1-12(13-8-4-2-5-9-13)15-14-10-6-3-7-11-14/h12-15H,2-11H2,1H3. The highest BCUT2D eigenvalue weighted by molar-refractivity contribution is 4.81. The van der Waals surface area contributed by atoms with Crippen molar-refractivity contribution in [2.45, 2.75) is 83.2 Å². The van der Waals surface area contributed by atoms with Gasteiger partial charge in [-0.1, -0.05) is 38.5 Å². The van der Waals surface area contributed by atoms with Crippen LogP contribution in [0.2, 0.25) is 0 Å². The van der Waals surface area contributed by atoms with Gasteiger partial charge in [0.1, 0.15) is 0 Å². The normalized spacial score (nSPS) is 27.8. The summed E-state index contributed by atoms with van der Waals surface area (Å²) >= 11 is 0. The third-order valence-electron chi connectivity index (χ3n) is 4.46. The summed E-state index contributed by atoms with van der Waals surface area (Å²) in [7, 11) is 0. The van der Waals surface area contributed by atoms with Crippen molar-refractivity contribution >= 4 is 0 Å². The van der Waals surface area contributed by atoms with Crippen molar-refractivity contribution in [2.24, 2.45) is 5.92 Å². The molecule has 0 aliphatic heterocycles. The molecule has 1 atom stereocenters. The highest BCUT2D eigenvalue weighted by atomic mass is 14.9. The van der Waals surface area contributed by atoms with Crippen LogP contribution in [0.25, 0.3) is 0 Å². The quantitative estimate of drug-likeness (QED) is 0.744. The molecule has 2 saturated carbocycles. The lowest BCUT2D eigenvalue weighted by Gasteiger charge is -2.33. The van der Waals surface area contributed by atoms with Gasteiger partial charge in [-0.15, -0.1) is 0 Å². The van der Waals surface area contributed by atoms with E-state index in [0.29, 0.717) is 0 Å². The molecule has 1 heteroatoms. The van der Waals surface area contributed by atoms with Gasteiger partial charge < -0.3 is 5.32 Å². The van der Waals surface area contributed by atoms with Crippen LogP contribution in [0.15, 0.2) is 0 Å². The molecule has 2 fully saturated rings. The highest BCUT2D eigenvalue weighted by Gasteiger charge is 2.22. The van der Waals surface area contributed by atoms with E-state index in [0.717, 1.165) is 18.0 Å². The van der Waals surface area contributed by atoms with Crippen molar-refractivity contribution in [1.29, 1.82) is 0 Å². The molecular weight excluding hydrogens is 182 g/mol. The lowest BCUT2D eigenvalue weighted by atomic mass is 9.83. The average molecular weight is 209 g/mol. The van der Waals surface area contributed by atoms with Gasteiger partial charge in [-0.2, -0.15) is 0 Å². The molecule has 0 amide bonds. The summed E-state index contributed by atoms with van der Waals surface area (Å²) in [5, 5.41) is 3.89. The van der Waals surface area contributed by atoms with Gasteiger partial charge in [-0.25, -0.2) is 0 Å². The van der Waals surface area contributed by atoms with Crippen LogP contribution in [0.5, 0.6) is 0 Å². The van der Waals surface area contributed by atoms with Gasteiger partial charge in [-0.05, 0) is 38.5 Å². The van der Waals surface area contributed by atoms with E-state index in [1.165, 1.54) is 64.2 Å². The third kappa shape index (κ3) is 3.48. The van der Waals surface area contributed by atoms with Gasteiger partial charge >= 0.3 is 0 Å². The monoisotopic (exact) mass is 209 g/mol. The number of hydrogen-bond acceptors (Lipinski definition) is 1. The molecule has 0 radical (unpaired) electrons. The predicted molar refractivity (Wildman–Crippen MR) is 66.0 cm³/mol. The fraction of sp³-hybridized carbons (Fsp3) is 1.00. The summed E-state index contributed by atoms with van der Waals surface area (Å²) in [6.45, 7) is 2.42. The van der Waals surface area contributed by atoms with E-state index in [1.807, 2.05) is 0 Å². The first kappa shape index (κ1) is 11.4. The first-order valence-corrected chi connectivity index (χ1v) is 7.12. The first-order chi connectivity index (χ1) is 7.36. The van der Waals surface area contributed by atoms with Crippen LogP contribution in [-0.2, 0) is 0 Å². The van der Waals surface area contributed by atoms with Crippen molar-refractivity contribution in [2.75, 3.05) is 0 Å². The van der Waals surface area contributed by atoms with Crippen molar-refractivity contribution in [3.8, 4) is 0 Å². The fourth-order valence-corrected chi connectivity index (χ4v) is 3.41. The molecule has 0 heterocycles. The van der Waals surface area contributed by atoms with Crippen LogP contribution in [0.4, 0.5) is 0 Å². The van der Waals surface area contributed by atoms with Crippen molar-refractivity contribution in [3.05, 3.63) is 0 Å². The Hall–Kier alpha value is -0.0400. The molecule has 15 heavy (non-hydrogen) atoms. The maximum absolute atomic E-state index is 3.89. The fourth-order valence-electron chi connectivity index (χ4n) is 3.41. The average Bonchev–Trinajstić information content (AvgIpc) is 2.31. The largest absolute Gasteiger partial charge is 0.311 e. The molecule has 2 aliphatic rings. The van der Waals surface area contributed by atoms with E-state index in [1.54, 1.807) is 0 Å². The molecule has 0 aromatic carbocycles. The van der Waals surface area contributed by atoms with E-state index in [-0.39, 0.29) is 0 Å². The van der Waals surface area contributed by atoms with Crippen molar-refractivity contribution < 1.29 is 0 Å². The Labute approximate surface area is 95.0 Å². The Morgan fingerprint density at radius 1 is 0.800 bits per heavy atom. The lowest BCUT2D eigenvalue weighted by molar-refractivity contribution is 0.243. The highest BCUT2D eigenvalue weighted by Crippen LogP contribution is 2.27. The Bertz CT molecular complexity index is 166. The van der Waals surface area contributed by atoms with E-state index in [2.05, 4.69) is 12.2 Å². The van der Waals surface area contributed by atoms with Gasteiger partial charge in [0.2, 0.25) is 0 Å². The minimum absolute atomic E-state index is 0.772. The summed E-state index contributed by atoms with van der Waals surface area (Å²) in [5.41, 5.74) is 0. The second-order valence-corrected chi connectivity index (χ2v) is 5.69. The first-order valence-electron chi connectivity index (χ1n) is 7.12. The van der Waals surface area contributed by atoms with Crippen LogP contribution >= 0.6 is 0 Å². The van der Waals surface area contributed by atoms with Gasteiger partial charge in [0, 0.05) is 12.1 Å². The molecule has 2 rings (SSSR count). The van der Waals surface area contributed by atoms with Crippen LogP contribution in [0.1, 0.15) is 71.1 Å². The Balaban J connectivity index is 1.72. The molecule has 2 aliphatic carbocycles. The van der Waals surface area contributed by atoms with Crippen molar-refractivity contribution in [1.82, 2.24) is 5.32 Å². The van der Waals surface area contributed by atoms with E-state index >= 15 is 0 Å². The summed E-state index contributed by atoms with van der Waals surface area (Å²) in [5.74, 6) is 0.973. The molecule has 88 valence electrons. The Morgan fingerprint density at radius 3 is 1.93 bits per heavy atom. The van der Waals surface area contributed by atoms with E-state index in [9.17, 15) is 0 Å². The van der Waals surface area contributed by atoms with Gasteiger partial charge in [0.15, 0.2) is 0 Å². The summed E-state index contributed by atoms with van der Waals surface area (Å²) in [4.78, 5) is 0. The minimum atomic E-state index is 0.772. The minimum Gasteiger partial charge on any atom is -0.311 e. The molecule has 0 saturated heterocycles. The van der Waals surface area contributed by atoms with Gasteiger partial charge in [-0.3, -0.25) is 0 Å². The maximum Gasteiger partial charge on any atom is 0.00696 e. The molecule has 1 nitrogen and oxygen atoms in total. The zero-order chi connectivity index (χ0) is 10.5. The maximum atomic E-state index is 3.89. The third-order valence-corrected chi connectivity index (χ3v) is 4.46. The van der Waals surface area contributed by atoms with E-state index in [4.69, 9.17) is 0 Å². The Kier molecular flexibility index (Phi) is 4.49. The second-order valence-electron chi connectivity index (χ2n) is 5.69. The molecule has 0 aromatic heterocycles. The van der Waals surface area contributed by atoms with Crippen molar-refractivity contribution in [3.63, 3.8) is 0 Å². The van der Waals surface area contributed by atoms with Crippen LogP contribution in [0.3, 0.4) is 0 Å². The topological polar surface area (TPSA) is 12.0 Å². The van der Waals surface area contributed by atoms with Crippen LogP contribution in [-0.4, -0.2) is 12.1 Å².